The lowest BCUT2D eigenvalue weighted by Crippen LogP contribution is -1.85. The molecule has 44 heavy (non-hydrogen) atoms. The van der Waals surface area contributed by atoms with Gasteiger partial charge in [0.25, 0.3) is 0 Å². The van der Waals surface area contributed by atoms with Crippen LogP contribution in [0.1, 0.15) is 0 Å². The van der Waals surface area contributed by atoms with Crippen LogP contribution in [-0.2, 0) is 0 Å². The van der Waals surface area contributed by atoms with Gasteiger partial charge in [0, 0.05) is 51.3 Å². The van der Waals surface area contributed by atoms with Gasteiger partial charge in [-0.3, -0.25) is 0 Å². The zero-order valence-electron chi connectivity index (χ0n) is 23.0. The van der Waals surface area contributed by atoms with Crippen LogP contribution in [-0.4, -0.2) is 19.9 Å². The lowest BCUT2D eigenvalue weighted by atomic mass is 10.1. The van der Waals surface area contributed by atoms with E-state index in [1.54, 1.807) is 0 Å². The third-order valence-electron chi connectivity index (χ3n) is 7.32. The summed E-state index contributed by atoms with van der Waals surface area (Å²) in [5, 5.41) is 0. The van der Waals surface area contributed by atoms with E-state index < -0.39 is 0 Å². The molecule has 4 nitrogen and oxygen atoms in total. The molecular formula is C36H22Br4N4. The van der Waals surface area contributed by atoms with Crippen LogP contribution in [0.15, 0.2) is 139 Å². The molecule has 7 rings (SSSR count). The van der Waals surface area contributed by atoms with Gasteiger partial charge in [-0.2, -0.15) is 0 Å². The quantitative estimate of drug-likeness (QED) is 0.175. The molecule has 2 aromatic heterocycles. The maximum atomic E-state index is 5.13. The molecule has 0 aliphatic heterocycles. The molecule has 5 aromatic carbocycles. The molecule has 2 heterocycles. The lowest BCUT2D eigenvalue weighted by Gasteiger charge is -2.04. The molecule has 8 heteroatoms. The van der Waals surface area contributed by atoms with Crippen LogP contribution in [0.4, 0.5) is 0 Å². The van der Waals surface area contributed by atoms with Gasteiger partial charge in [-0.05, 0) is 54.6 Å². The summed E-state index contributed by atoms with van der Waals surface area (Å²) >= 11 is 14.2. The molecule has 0 atom stereocenters. The molecule has 0 bridgehead atoms. The van der Waals surface area contributed by atoms with E-state index in [4.69, 9.17) is 9.97 Å². The SMILES string of the molecule is Brc1ccc(-c2nc(-c3cccc(-c4nc(-c5ccc(Br)cc5)c(-c5ccc(Br)cc5)[nH]4)c3)[nH]c2-c2ccc(Br)cc2)cc1. The largest absolute Gasteiger partial charge is 0.337 e. The van der Waals surface area contributed by atoms with Gasteiger partial charge in [0.15, 0.2) is 0 Å². The number of hydrogen-bond donors (Lipinski definition) is 2. The van der Waals surface area contributed by atoms with Gasteiger partial charge in [0.1, 0.15) is 11.6 Å². The molecule has 0 spiro atoms. The number of halogens is 4. The average Bonchev–Trinajstić information content (AvgIpc) is 3.69. The van der Waals surface area contributed by atoms with Crippen LogP contribution >= 0.6 is 63.7 Å². The number of aromatic amines is 2. The molecule has 0 aliphatic rings. The second-order valence-electron chi connectivity index (χ2n) is 10.2. The van der Waals surface area contributed by atoms with Crippen molar-refractivity contribution in [1.29, 1.82) is 0 Å². The van der Waals surface area contributed by atoms with Crippen molar-refractivity contribution in [1.82, 2.24) is 19.9 Å². The highest BCUT2D eigenvalue weighted by molar-refractivity contribution is 9.11. The van der Waals surface area contributed by atoms with Crippen molar-refractivity contribution < 1.29 is 0 Å². The van der Waals surface area contributed by atoms with Gasteiger partial charge < -0.3 is 9.97 Å². The monoisotopic (exact) mass is 826 g/mol. The molecule has 0 aliphatic carbocycles. The Morgan fingerprint density at radius 2 is 0.682 bits per heavy atom. The number of nitrogens with one attached hydrogen (secondary N) is 2. The van der Waals surface area contributed by atoms with Gasteiger partial charge in [-0.25, -0.2) is 9.97 Å². The summed E-state index contributed by atoms with van der Waals surface area (Å²) in [7, 11) is 0. The molecule has 7 aromatic rings. The topological polar surface area (TPSA) is 57.4 Å². The summed E-state index contributed by atoms with van der Waals surface area (Å²) < 4.78 is 4.11. The second-order valence-corrected chi connectivity index (χ2v) is 13.9. The lowest BCUT2D eigenvalue weighted by molar-refractivity contribution is 1.29. The third kappa shape index (κ3) is 6.04. The number of imidazole rings is 2. The van der Waals surface area contributed by atoms with Crippen LogP contribution in [0.3, 0.4) is 0 Å². The number of benzene rings is 5. The van der Waals surface area contributed by atoms with Crippen LogP contribution in [0.25, 0.3) is 67.8 Å². The minimum absolute atomic E-state index is 0.788. The Morgan fingerprint density at radius 3 is 1.02 bits per heavy atom. The van der Waals surface area contributed by atoms with Crippen molar-refractivity contribution in [2.24, 2.45) is 0 Å². The van der Waals surface area contributed by atoms with Crippen molar-refractivity contribution >= 4 is 63.7 Å². The van der Waals surface area contributed by atoms with Crippen LogP contribution in [0.5, 0.6) is 0 Å². The van der Waals surface area contributed by atoms with Crippen molar-refractivity contribution in [3.8, 4) is 67.8 Å². The van der Waals surface area contributed by atoms with Gasteiger partial charge in [0.05, 0.1) is 22.8 Å². The summed E-state index contributed by atoms with van der Waals surface area (Å²) in [6, 6.07) is 41.4. The van der Waals surface area contributed by atoms with E-state index in [0.29, 0.717) is 0 Å². The number of aromatic nitrogens is 4. The Hall–Kier alpha value is -3.56. The van der Waals surface area contributed by atoms with E-state index in [1.165, 1.54) is 0 Å². The Bertz CT molecular complexity index is 1800. The first kappa shape index (κ1) is 29.2. The highest BCUT2D eigenvalue weighted by Crippen LogP contribution is 2.37. The number of hydrogen-bond acceptors (Lipinski definition) is 2. The van der Waals surface area contributed by atoms with E-state index in [-0.39, 0.29) is 0 Å². The Kier molecular flexibility index (Phi) is 8.25. The van der Waals surface area contributed by atoms with E-state index in [9.17, 15) is 0 Å². The molecule has 0 unspecified atom stereocenters. The standard InChI is InChI=1S/C36H22Br4N4/c37-27-12-4-21(5-13-27)31-32(22-6-14-28(38)15-7-22)42-35(41-31)25-2-1-3-26(20-25)36-43-33(23-8-16-29(39)17-9-23)34(44-36)24-10-18-30(40)19-11-24/h1-20H,(H,41,42)(H,43,44). The summed E-state index contributed by atoms with van der Waals surface area (Å²) in [4.78, 5) is 17.5. The summed E-state index contributed by atoms with van der Waals surface area (Å²) in [5.74, 6) is 1.58. The highest BCUT2D eigenvalue weighted by Gasteiger charge is 2.18. The van der Waals surface area contributed by atoms with Crippen LogP contribution in [0, 0.1) is 0 Å². The van der Waals surface area contributed by atoms with E-state index in [0.717, 1.165) is 85.7 Å². The zero-order chi connectivity index (χ0) is 30.2. The first-order chi connectivity index (χ1) is 21.4. The molecule has 0 fully saturated rings. The average molecular weight is 830 g/mol. The van der Waals surface area contributed by atoms with Gasteiger partial charge in [-0.15, -0.1) is 0 Å². The Labute approximate surface area is 288 Å². The van der Waals surface area contributed by atoms with Crippen molar-refractivity contribution in [3.63, 3.8) is 0 Å². The summed E-state index contributed by atoms with van der Waals surface area (Å²) in [6.45, 7) is 0. The van der Waals surface area contributed by atoms with Gasteiger partial charge in [-0.1, -0.05) is 130 Å². The smallest absolute Gasteiger partial charge is 0.138 e. The molecule has 214 valence electrons. The van der Waals surface area contributed by atoms with Crippen molar-refractivity contribution in [2.75, 3.05) is 0 Å². The number of H-pyrrole nitrogens is 2. The first-order valence-electron chi connectivity index (χ1n) is 13.8. The fraction of sp³-hybridized carbons (Fsp3) is 0. The maximum absolute atomic E-state index is 5.13. The molecular weight excluding hydrogens is 808 g/mol. The predicted molar refractivity (Wildman–Crippen MR) is 194 cm³/mol. The predicted octanol–water partition coefficient (Wildman–Crippen LogP) is 12.2. The summed E-state index contributed by atoms with van der Waals surface area (Å²) in [5.41, 5.74) is 9.86. The van der Waals surface area contributed by atoms with Crippen molar-refractivity contribution in [3.05, 3.63) is 139 Å². The molecule has 0 saturated heterocycles. The zero-order valence-corrected chi connectivity index (χ0v) is 29.3. The minimum Gasteiger partial charge on any atom is -0.337 e. The maximum Gasteiger partial charge on any atom is 0.138 e. The fourth-order valence-corrected chi connectivity index (χ4v) is 6.18. The highest BCUT2D eigenvalue weighted by atomic mass is 79.9. The van der Waals surface area contributed by atoms with E-state index in [2.05, 4.69) is 140 Å². The molecule has 0 amide bonds. The van der Waals surface area contributed by atoms with Crippen LogP contribution < -0.4 is 0 Å². The molecule has 0 saturated carbocycles. The van der Waals surface area contributed by atoms with E-state index >= 15 is 0 Å². The summed E-state index contributed by atoms with van der Waals surface area (Å²) in [6.07, 6.45) is 0. The molecule has 2 N–H and O–H groups in total. The van der Waals surface area contributed by atoms with Gasteiger partial charge >= 0.3 is 0 Å². The molecule has 0 radical (unpaired) electrons. The minimum atomic E-state index is 0.788. The third-order valence-corrected chi connectivity index (χ3v) is 9.43. The Morgan fingerprint density at radius 1 is 0.364 bits per heavy atom. The normalized spacial score (nSPS) is 11.2. The van der Waals surface area contributed by atoms with Crippen LogP contribution in [0.2, 0.25) is 0 Å². The fourth-order valence-electron chi connectivity index (χ4n) is 5.12. The number of rotatable bonds is 6. The Balaban J connectivity index is 1.33. The van der Waals surface area contributed by atoms with Gasteiger partial charge in [0.2, 0.25) is 0 Å². The number of nitrogens with zero attached hydrogens (tertiary/aromatic N) is 2. The first-order valence-corrected chi connectivity index (χ1v) is 16.9. The van der Waals surface area contributed by atoms with E-state index in [1.807, 2.05) is 54.6 Å². The second kappa shape index (κ2) is 12.4. The van der Waals surface area contributed by atoms with Crippen molar-refractivity contribution in [2.45, 2.75) is 0 Å².